The molecule has 2 bridgehead atoms. The van der Waals surface area contributed by atoms with Gasteiger partial charge in [-0.1, -0.05) is 30.3 Å². The number of nitrogens with zero attached hydrogens (tertiary/aromatic N) is 5. The monoisotopic (exact) mass is 435 g/mol. The van der Waals surface area contributed by atoms with E-state index in [4.69, 9.17) is 19.6 Å². The second kappa shape index (κ2) is 8.00. The summed E-state index contributed by atoms with van der Waals surface area (Å²) < 4.78 is 13.4. The summed E-state index contributed by atoms with van der Waals surface area (Å²) in [4.78, 5) is 21.6. The highest BCUT2D eigenvalue weighted by atomic mass is 16.6. The summed E-state index contributed by atoms with van der Waals surface area (Å²) in [6.07, 6.45) is 3.61. The van der Waals surface area contributed by atoms with Crippen molar-refractivity contribution in [3.8, 4) is 5.75 Å². The number of carbonyl (C=O) groups is 1. The maximum absolute atomic E-state index is 12.7. The quantitative estimate of drug-likeness (QED) is 0.619. The van der Waals surface area contributed by atoms with Crippen molar-refractivity contribution < 1.29 is 14.3 Å². The van der Waals surface area contributed by atoms with Crippen LogP contribution in [0.1, 0.15) is 39.2 Å². The molecule has 2 fully saturated rings. The van der Waals surface area contributed by atoms with Gasteiger partial charge in [0.25, 0.3) is 0 Å². The molecular formula is C24H29N5O3. The van der Waals surface area contributed by atoms with Crippen molar-refractivity contribution in [2.24, 2.45) is 0 Å². The predicted octanol–water partition coefficient (Wildman–Crippen LogP) is 3.90. The topological polar surface area (TPSA) is 72.2 Å². The molecule has 32 heavy (non-hydrogen) atoms. The molecule has 168 valence electrons. The first kappa shape index (κ1) is 20.6. The van der Waals surface area contributed by atoms with Gasteiger partial charge in [-0.2, -0.15) is 4.98 Å². The number of benzene rings is 1. The number of anilines is 1. The molecule has 2 aromatic heterocycles. The third kappa shape index (κ3) is 4.09. The molecule has 5 rings (SSSR count). The zero-order valence-corrected chi connectivity index (χ0v) is 18.8. The molecule has 1 amide bonds. The first-order chi connectivity index (χ1) is 15.4. The fourth-order valence-corrected chi connectivity index (χ4v) is 4.53. The molecule has 0 radical (unpaired) electrons. The number of fused-ring (bicyclic) bond motifs is 3. The van der Waals surface area contributed by atoms with E-state index in [1.165, 1.54) is 0 Å². The summed E-state index contributed by atoms with van der Waals surface area (Å²) in [6, 6.07) is 14.1. The van der Waals surface area contributed by atoms with Crippen LogP contribution in [-0.4, -0.2) is 56.4 Å². The van der Waals surface area contributed by atoms with E-state index in [-0.39, 0.29) is 18.2 Å². The Kier molecular flexibility index (Phi) is 5.15. The van der Waals surface area contributed by atoms with Crippen LogP contribution in [-0.2, 0) is 11.3 Å². The summed E-state index contributed by atoms with van der Waals surface area (Å²) in [7, 11) is 0. The molecule has 1 aromatic carbocycles. The average Bonchev–Trinajstić information content (AvgIpc) is 3.31. The van der Waals surface area contributed by atoms with Gasteiger partial charge in [-0.05, 0) is 51.3 Å². The van der Waals surface area contributed by atoms with Gasteiger partial charge in [0, 0.05) is 19.3 Å². The van der Waals surface area contributed by atoms with Crippen LogP contribution in [0, 0.1) is 0 Å². The maximum Gasteiger partial charge on any atom is 0.410 e. The fourth-order valence-electron chi connectivity index (χ4n) is 4.53. The van der Waals surface area contributed by atoms with Crippen molar-refractivity contribution in [2.45, 2.75) is 57.9 Å². The van der Waals surface area contributed by atoms with Gasteiger partial charge < -0.3 is 14.4 Å². The lowest BCUT2D eigenvalue weighted by molar-refractivity contribution is 0.0122. The number of carbonyl (C=O) groups excluding carboxylic acids is 1. The van der Waals surface area contributed by atoms with Gasteiger partial charge in [0.1, 0.15) is 12.2 Å². The highest BCUT2D eigenvalue weighted by Gasteiger charge is 2.45. The number of piperazine rings is 1. The Morgan fingerprint density at radius 1 is 1.06 bits per heavy atom. The second-order valence-electron chi connectivity index (χ2n) is 9.50. The zero-order valence-electron chi connectivity index (χ0n) is 18.8. The highest BCUT2D eigenvalue weighted by Crippen LogP contribution is 2.33. The summed E-state index contributed by atoms with van der Waals surface area (Å²) in [5, 5.41) is 4.69. The number of rotatable bonds is 4. The van der Waals surface area contributed by atoms with Gasteiger partial charge in [0.15, 0.2) is 11.4 Å². The normalized spacial score (nSPS) is 20.6. The van der Waals surface area contributed by atoms with Crippen molar-refractivity contribution in [1.29, 1.82) is 0 Å². The van der Waals surface area contributed by atoms with Crippen LogP contribution in [0.2, 0.25) is 0 Å². The van der Waals surface area contributed by atoms with Crippen LogP contribution in [0.5, 0.6) is 5.75 Å². The number of hydrogen-bond donors (Lipinski definition) is 0. The lowest BCUT2D eigenvalue weighted by Crippen LogP contribution is -2.57. The number of pyridine rings is 1. The Morgan fingerprint density at radius 2 is 1.78 bits per heavy atom. The first-order valence-corrected chi connectivity index (χ1v) is 11.2. The molecule has 4 heterocycles. The number of aromatic nitrogens is 3. The molecule has 3 aromatic rings. The first-order valence-electron chi connectivity index (χ1n) is 11.2. The van der Waals surface area contributed by atoms with Gasteiger partial charge in [0.2, 0.25) is 5.95 Å². The van der Waals surface area contributed by atoms with Crippen LogP contribution in [0.25, 0.3) is 5.65 Å². The van der Waals surface area contributed by atoms with Crippen molar-refractivity contribution in [2.75, 3.05) is 18.0 Å². The highest BCUT2D eigenvalue weighted by molar-refractivity contribution is 5.70. The minimum atomic E-state index is -0.493. The molecule has 2 aliphatic heterocycles. The van der Waals surface area contributed by atoms with E-state index in [0.717, 1.165) is 18.4 Å². The lowest BCUT2D eigenvalue weighted by Gasteiger charge is -2.40. The van der Waals surface area contributed by atoms with Gasteiger partial charge >= 0.3 is 6.09 Å². The molecule has 0 spiro atoms. The van der Waals surface area contributed by atoms with E-state index in [0.29, 0.717) is 37.0 Å². The largest absolute Gasteiger partial charge is 0.485 e. The minimum Gasteiger partial charge on any atom is -0.485 e. The van der Waals surface area contributed by atoms with Crippen LogP contribution < -0.4 is 9.64 Å². The average molecular weight is 436 g/mol. The summed E-state index contributed by atoms with van der Waals surface area (Å²) in [5.41, 5.74) is 1.30. The van der Waals surface area contributed by atoms with Crippen molar-refractivity contribution in [3.63, 3.8) is 0 Å². The smallest absolute Gasteiger partial charge is 0.410 e. The standard InChI is InChI=1S/C24H29N5O3/c1-24(2,3)32-23(30)29-18-11-12-19(29)15-27(14-18)22-25-21-20(10-7-13-28(21)26-22)31-16-17-8-5-4-6-9-17/h4-10,13,18-19H,11-12,14-16H2,1-3H3. The van der Waals surface area contributed by atoms with E-state index < -0.39 is 5.60 Å². The zero-order chi connectivity index (χ0) is 22.3. The van der Waals surface area contributed by atoms with E-state index in [1.807, 2.05) is 74.3 Å². The van der Waals surface area contributed by atoms with Gasteiger partial charge in [-0.15, -0.1) is 5.10 Å². The fraction of sp³-hybridized carbons (Fsp3) is 0.458. The molecule has 2 unspecified atom stereocenters. The molecule has 8 heteroatoms. The third-order valence-electron chi connectivity index (χ3n) is 5.92. The van der Waals surface area contributed by atoms with Gasteiger partial charge in [0.05, 0.1) is 12.1 Å². The SMILES string of the molecule is CC(C)(C)OC(=O)N1C2CCC1CN(c1nc3c(OCc4ccccc4)cccn3n1)C2. The van der Waals surface area contributed by atoms with E-state index >= 15 is 0 Å². The number of amides is 1. The summed E-state index contributed by atoms with van der Waals surface area (Å²) in [5.74, 6) is 1.37. The Morgan fingerprint density at radius 3 is 2.47 bits per heavy atom. The van der Waals surface area contributed by atoms with Crippen LogP contribution in [0.3, 0.4) is 0 Å². The molecule has 0 N–H and O–H groups in total. The maximum atomic E-state index is 12.7. The summed E-state index contributed by atoms with van der Waals surface area (Å²) in [6.45, 7) is 7.59. The molecule has 8 nitrogen and oxygen atoms in total. The molecular weight excluding hydrogens is 406 g/mol. The van der Waals surface area contributed by atoms with Crippen molar-refractivity contribution in [3.05, 3.63) is 54.2 Å². The molecule has 2 atom stereocenters. The van der Waals surface area contributed by atoms with E-state index in [1.54, 1.807) is 4.52 Å². The Labute approximate surface area is 187 Å². The van der Waals surface area contributed by atoms with E-state index in [2.05, 4.69) is 4.90 Å². The van der Waals surface area contributed by atoms with Crippen LogP contribution >= 0.6 is 0 Å². The number of hydrogen-bond acceptors (Lipinski definition) is 6. The Balaban J connectivity index is 1.32. The lowest BCUT2D eigenvalue weighted by atomic mass is 10.2. The third-order valence-corrected chi connectivity index (χ3v) is 5.92. The van der Waals surface area contributed by atoms with Gasteiger partial charge in [-0.25, -0.2) is 9.31 Å². The van der Waals surface area contributed by atoms with Gasteiger partial charge in [-0.3, -0.25) is 4.90 Å². The molecule has 0 saturated carbocycles. The predicted molar refractivity (Wildman–Crippen MR) is 121 cm³/mol. The minimum absolute atomic E-state index is 0.115. The second-order valence-corrected chi connectivity index (χ2v) is 9.50. The Hall–Kier alpha value is -3.29. The Bertz CT molecular complexity index is 1090. The van der Waals surface area contributed by atoms with Crippen LogP contribution in [0.15, 0.2) is 48.7 Å². The molecule has 0 aliphatic carbocycles. The van der Waals surface area contributed by atoms with Crippen molar-refractivity contribution in [1.82, 2.24) is 19.5 Å². The molecule has 2 saturated heterocycles. The summed E-state index contributed by atoms with van der Waals surface area (Å²) >= 11 is 0. The van der Waals surface area contributed by atoms with Crippen LogP contribution in [0.4, 0.5) is 10.7 Å². The number of ether oxygens (including phenoxy) is 2. The molecule has 2 aliphatic rings. The van der Waals surface area contributed by atoms with E-state index in [9.17, 15) is 4.79 Å². The van der Waals surface area contributed by atoms with Crippen molar-refractivity contribution >= 4 is 17.7 Å².